The number of halogens is 1. The zero-order valence-electron chi connectivity index (χ0n) is 9.11. The van der Waals surface area contributed by atoms with Gasteiger partial charge in [0.05, 0.1) is 6.54 Å². The predicted molar refractivity (Wildman–Crippen MR) is 59.1 cm³/mol. The summed E-state index contributed by atoms with van der Waals surface area (Å²) < 4.78 is 12.7. The number of amides is 1. The Morgan fingerprint density at radius 1 is 1.35 bits per heavy atom. The van der Waals surface area contributed by atoms with E-state index in [1.807, 2.05) is 0 Å². The molecule has 2 rings (SSSR count). The SMILES string of the molecule is CC(=O)C1=C(O)CN(c2ccc(F)cc2)C1=O. The molecule has 1 heterocycles. The summed E-state index contributed by atoms with van der Waals surface area (Å²) in [5.74, 6) is -1.69. The molecule has 0 bridgehead atoms. The molecular weight excluding hydrogens is 225 g/mol. The lowest BCUT2D eigenvalue weighted by atomic mass is 10.2. The van der Waals surface area contributed by atoms with E-state index in [4.69, 9.17) is 0 Å². The molecule has 88 valence electrons. The van der Waals surface area contributed by atoms with Crippen LogP contribution < -0.4 is 4.90 Å². The molecule has 1 aromatic carbocycles. The first-order valence-corrected chi connectivity index (χ1v) is 5.01. The topological polar surface area (TPSA) is 57.6 Å². The van der Waals surface area contributed by atoms with Crippen LogP contribution in [0.3, 0.4) is 0 Å². The molecule has 0 saturated carbocycles. The molecule has 0 radical (unpaired) electrons. The van der Waals surface area contributed by atoms with E-state index in [1.165, 1.54) is 36.1 Å². The van der Waals surface area contributed by atoms with Gasteiger partial charge in [-0.05, 0) is 31.2 Å². The van der Waals surface area contributed by atoms with Crippen molar-refractivity contribution in [3.63, 3.8) is 0 Å². The molecular formula is C12H10FNO3. The molecule has 0 fully saturated rings. The van der Waals surface area contributed by atoms with Crippen molar-refractivity contribution in [1.82, 2.24) is 0 Å². The van der Waals surface area contributed by atoms with Crippen molar-refractivity contribution < 1.29 is 19.1 Å². The molecule has 1 aliphatic heterocycles. The minimum atomic E-state index is -0.554. The number of Topliss-reactive ketones (excluding diaryl/α,β-unsaturated/α-hetero) is 1. The van der Waals surface area contributed by atoms with Gasteiger partial charge in [-0.25, -0.2) is 4.39 Å². The number of anilines is 1. The Morgan fingerprint density at radius 2 is 1.94 bits per heavy atom. The molecule has 0 unspecified atom stereocenters. The monoisotopic (exact) mass is 235 g/mol. The van der Waals surface area contributed by atoms with E-state index in [-0.39, 0.29) is 17.9 Å². The third kappa shape index (κ3) is 1.91. The minimum Gasteiger partial charge on any atom is -0.509 e. The van der Waals surface area contributed by atoms with Gasteiger partial charge in [-0.15, -0.1) is 0 Å². The van der Waals surface area contributed by atoms with Gasteiger partial charge >= 0.3 is 0 Å². The number of carbonyl (C=O) groups is 2. The maximum Gasteiger partial charge on any atom is 0.265 e. The molecule has 17 heavy (non-hydrogen) atoms. The lowest BCUT2D eigenvalue weighted by Crippen LogP contribution is -2.28. The molecule has 0 atom stereocenters. The van der Waals surface area contributed by atoms with Crippen LogP contribution >= 0.6 is 0 Å². The number of hydrogen-bond donors (Lipinski definition) is 1. The molecule has 0 aliphatic carbocycles. The van der Waals surface area contributed by atoms with Crippen molar-refractivity contribution in [1.29, 1.82) is 0 Å². The van der Waals surface area contributed by atoms with E-state index < -0.39 is 17.5 Å². The Hall–Kier alpha value is -2.17. The van der Waals surface area contributed by atoms with Crippen LogP contribution in [0.25, 0.3) is 0 Å². The summed E-state index contributed by atoms with van der Waals surface area (Å²) in [5, 5.41) is 9.54. The first-order valence-electron chi connectivity index (χ1n) is 5.01. The lowest BCUT2D eigenvalue weighted by Gasteiger charge is -2.15. The number of nitrogens with zero attached hydrogens (tertiary/aromatic N) is 1. The van der Waals surface area contributed by atoms with Gasteiger partial charge in [0.1, 0.15) is 17.1 Å². The van der Waals surface area contributed by atoms with E-state index in [9.17, 15) is 19.1 Å². The van der Waals surface area contributed by atoms with Crippen molar-refractivity contribution in [2.45, 2.75) is 6.92 Å². The van der Waals surface area contributed by atoms with Crippen LogP contribution in [0.4, 0.5) is 10.1 Å². The number of hydrogen-bond acceptors (Lipinski definition) is 3. The fourth-order valence-electron chi connectivity index (χ4n) is 1.74. The van der Waals surface area contributed by atoms with Gasteiger partial charge in [0.2, 0.25) is 0 Å². The average molecular weight is 235 g/mol. The fourth-order valence-corrected chi connectivity index (χ4v) is 1.74. The lowest BCUT2D eigenvalue weighted by molar-refractivity contribution is -0.119. The van der Waals surface area contributed by atoms with E-state index in [2.05, 4.69) is 0 Å². The summed E-state index contributed by atoms with van der Waals surface area (Å²) in [5.41, 5.74) is 0.244. The van der Waals surface area contributed by atoms with Gasteiger partial charge < -0.3 is 10.0 Å². The van der Waals surface area contributed by atoms with Gasteiger partial charge in [0.15, 0.2) is 5.78 Å². The third-order valence-corrected chi connectivity index (χ3v) is 2.55. The summed E-state index contributed by atoms with van der Waals surface area (Å²) in [4.78, 5) is 24.2. The summed E-state index contributed by atoms with van der Waals surface area (Å²) in [6, 6.07) is 5.27. The zero-order chi connectivity index (χ0) is 12.6. The molecule has 1 amide bonds. The largest absolute Gasteiger partial charge is 0.509 e. The van der Waals surface area contributed by atoms with Gasteiger partial charge in [0, 0.05) is 5.69 Å². The van der Waals surface area contributed by atoms with Crippen LogP contribution in [0.2, 0.25) is 0 Å². The van der Waals surface area contributed by atoms with Gasteiger partial charge in [0.25, 0.3) is 5.91 Å². The molecule has 1 N–H and O–H groups in total. The number of ketones is 1. The second kappa shape index (κ2) is 4.01. The van der Waals surface area contributed by atoms with E-state index in [1.54, 1.807) is 0 Å². The highest BCUT2D eigenvalue weighted by Crippen LogP contribution is 2.25. The average Bonchev–Trinajstić information content (AvgIpc) is 2.55. The van der Waals surface area contributed by atoms with E-state index in [0.717, 1.165) is 0 Å². The normalized spacial score (nSPS) is 15.6. The Bertz CT molecular complexity index is 519. The molecule has 1 aliphatic rings. The van der Waals surface area contributed by atoms with Crippen LogP contribution in [0.1, 0.15) is 6.92 Å². The molecule has 0 aromatic heterocycles. The van der Waals surface area contributed by atoms with Crippen molar-refractivity contribution in [3.05, 3.63) is 41.4 Å². The van der Waals surface area contributed by atoms with Gasteiger partial charge in [-0.1, -0.05) is 0 Å². The highest BCUT2D eigenvalue weighted by Gasteiger charge is 2.33. The Morgan fingerprint density at radius 3 is 2.41 bits per heavy atom. The summed E-state index contributed by atoms with van der Waals surface area (Å²) >= 11 is 0. The summed E-state index contributed by atoms with van der Waals surface area (Å²) in [6.07, 6.45) is 0. The summed E-state index contributed by atoms with van der Waals surface area (Å²) in [7, 11) is 0. The minimum absolute atomic E-state index is 0.0562. The molecule has 4 nitrogen and oxygen atoms in total. The molecule has 5 heteroatoms. The standard InChI is InChI=1S/C12H10FNO3/c1-7(15)11-10(16)6-14(12(11)17)9-4-2-8(13)3-5-9/h2-5,16H,6H2,1H3. The maximum atomic E-state index is 12.7. The second-order valence-corrected chi connectivity index (χ2v) is 3.75. The van der Waals surface area contributed by atoms with Crippen molar-refractivity contribution in [2.75, 3.05) is 11.4 Å². The Kier molecular flexibility index (Phi) is 2.67. The van der Waals surface area contributed by atoms with Crippen LogP contribution in [0.5, 0.6) is 0 Å². The quantitative estimate of drug-likeness (QED) is 0.791. The van der Waals surface area contributed by atoms with Gasteiger partial charge in [-0.2, -0.15) is 0 Å². The van der Waals surface area contributed by atoms with Crippen molar-refractivity contribution in [3.8, 4) is 0 Å². The molecule has 1 aromatic rings. The van der Waals surface area contributed by atoms with Crippen LogP contribution in [-0.2, 0) is 9.59 Å². The van der Waals surface area contributed by atoms with Crippen molar-refractivity contribution in [2.24, 2.45) is 0 Å². The van der Waals surface area contributed by atoms with E-state index >= 15 is 0 Å². The van der Waals surface area contributed by atoms with Crippen molar-refractivity contribution >= 4 is 17.4 Å². The zero-order valence-corrected chi connectivity index (χ0v) is 9.11. The van der Waals surface area contributed by atoms with Gasteiger partial charge in [-0.3, -0.25) is 9.59 Å². The highest BCUT2D eigenvalue weighted by atomic mass is 19.1. The smallest absolute Gasteiger partial charge is 0.265 e. The predicted octanol–water partition coefficient (Wildman–Crippen LogP) is 1.57. The Labute approximate surface area is 97.0 Å². The van der Waals surface area contributed by atoms with E-state index in [0.29, 0.717) is 5.69 Å². The van der Waals surface area contributed by atoms with Crippen LogP contribution in [-0.4, -0.2) is 23.3 Å². The fraction of sp³-hybridized carbons (Fsp3) is 0.167. The number of aliphatic hydroxyl groups is 1. The summed E-state index contributed by atoms with van der Waals surface area (Å²) in [6.45, 7) is 1.16. The Balaban J connectivity index is 2.32. The van der Waals surface area contributed by atoms with Crippen LogP contribution in [0, 0.1) is 5.82 Å². The number of benzene rings is 1. The first kappa shape index (κ1) is 11.3. The van der Waals surface area contributed by atoms with Crippen LogP contribution in [0.15, 0.2) is 35.6 Å². The second-order valence-electron chi connectivity index (χ2n) is 3.75. The third-order valence-electron chi connectivity index (χ3n) is 2.55. The maximum absolute atomic E-state index is 12.7. The first-order chi connectivity index (χ1) is 8.00. The molecule has 0 spiro atoms. The number of aliphatic hydroxyl groups excluding tert-OH is 1. The molecule has 0 saturated heterocycles. The highest BCUT2D eigenvalue weighted by molar-refractivity contribution is 6.26. The number of rotatable bonds is 2. The number of carbonyl (C=O) groups excluding carboxylic acids is 2.